The number of aliphatic imine (C=N–C) groups is 1. The van der Waals surface area contributed by atoms with Crippen molar-refractivity contribution >= 4 is 5.96 Å². The Morgan fingerprint density at radius 2 is 1.96 bits per heavy atom. The summed E-state index contributed by atoms with van der Waals surface area (Å²) in [5.74, 6) is 2.38. The molecule has 5 nitrogen and oxygen atoms in total. The summed E-state index contributed by atoms with van der Waals surface area (Å²) in [5, 5.41) is 3.31. The van der Waals surface area contributed by atoms with Gasteiger partial charge in [-0.05, 0) is 36.0 Å². The van der Waals surface area contributed by atoms with E-state index in [2.05, 4.69) is 33.8 Å². The predicted octanol–water partition coefficient (Wildman–Crippen LogP) is 3.35. The van der Waals surface area contributed by atoms with E-state index in [1.165, 1.54) is 13.5 Å². The molecular weight excluding hydrogens is 328 g/mol. The van der Waals surface area contributed by atoms with E-state index in [0.717, 1.165) is 24.6 Å². The van der Waals surface area contributed by atoms with E-state index in [4.69, 9.17) is 4.74 Å². The van der Waals surface area contributed by atoms with E-state index in [9.17, 15) is 8.78 Å². The molecule has 1 fully saturated rings. The van der Waals surface area contributed by atoms with Gasteiger partial charge in [0.2, 0.25) is 0 Å². The summed E-state index contributed by atoms with van der Waals surface area (Å²) in [7, 11) is 3.18. The molecule has 140 valence electrons. The number of piperidine rings is 1. The van der Waals surface area contributed by atoms with Crippen molar-refractivity contribution in [3.05, 3.63) is 23.8 Å². The van der Waals surface area contributed by atoms with E-state index in [0.29, 0.717) is 18.4 Å². The number of hydrogen-bond donors (Lipinski definition) is 1. The van der Waals surface area contributed by atoms with Crippen LogP contribution in [0.15, 0.2) is 23.2 Å². The number of likely N-dealkylation sites (tertiary alicyclic amines) is 1. The van der Waals surface area contributed by atoms with Crippen LogP contribution >= 0.6 is 0 Å². The van der Waals surface area contributed by atoms with Gasteiger partial charge in [-0.1, -0.05) is 19.9 Å². The van der Waals surface area contributed by atoms with Gasteiger partial charge in [0.15, 0.2) is 17.5 Å². The Hall–Kier alpha value is -2.05. The number of nitrogens with one attached hydrogen (secondary N) is 1. The van der Waals surface area contributed by atoms with Crippen molar-refractivity contribution in [2.45, 2.75) is 33.4 Å². The summed E-state index contributed by atoms with van der Waals surface area (Å²) in [6, 6.07) is 5.01. The van der Waals surface area contributed by atoms with Crippen LogP contribution in [0.5, 0.6) is 11.5 Å². The smallest absolute Gasteiger partial charge is 0.387 e. The number of guanidine groups is 1. The molecule has 1 saturated heterocycles. The van der Waals surface area contributed by atoms with Crippen molar-refractivity contribution < 1.29 is 18.3 Å². The molecule has 7 heteroatoms. The minimum atomic E-state index is -2.89. The van der Waals surface area contributed by atoms with Crippen LogP contribution in [-0.2, 0) is 6.54 Å². The first kappa shape index (κ1) is 19.3. The van der Waals surface area contributed by atoms with Gasteiger partial charge in [0.1, 0.15) is 0 Å². The van der Waals surface area contributed by atoms with Gasteiger partial charge >= 0.3 is 6.61 Å². The molecule has 25 heavy (non-hydrogen) atoms. The number of halogens is 2. The summed E-state index contributed by atoms with van der Waals surface area (Å²) in [5.41, 5.74) is 0.815. The molecule has 0 amide bonds. The molecule has 0 saturated carbocycles. The van der Waals surface area contributed by atoms with Gasteiger partial charge in [0.05, 0.1) is 7.11 Å². The second-order valence-corrected chi connectivity index (χ2v) is 6.62. The van der Waals surface area contributed by atoms with Crippen molar-refractivity contribution in [3.63, 3.8) is 0 Å². The molecular formula is C18H27F2N3O2. The molecule has 0 aromatic heterocycles. The lowest BCUT2D eigenvalue weighted by atomic mass is 9.92. The van der Waals surface area contributed by atoms with Crippen LogP contribution in [0.3, 0.4) is 0 Å². The Balaban J connectivity index is 2.03. The maximum Gasteiger partial charge on any atom is 0.387 e. The molecule has 2 unspecified atom stereocenters. The average Bonchev–Trinajstić information content (AvgIpc) is 2.54. The highest BCUT2D eigenvalue weighted by molar-refractivity contribution is 5.80. The quantitative estimate of drug-likeness (QED) is 0.650. The van der Waals surface area contributed by atoms with Crippen molar-refractivity contribution in [2.24, 2.45) is 16.8 Å². The van der Waals surface area contributed by atoms with Crippen LogP contribution in [0.2, 0.25) is 0 Å². The molecule has 1 aromatic rings. The van der Waals surface area contributed by atoms with Crippen molar-refractivity contribution in [1.29, 1.82) is 0 Å². The zero-order chi connectivity index (χ0) is 18.4. The summed E-state index contributed by atoms with van der Waals surface area (Å²) < 4.78 is 34.7. The zero-order valence-corrected chi connectivity index (χ0v) is 15.3. The highest BCUT2D eigenvalue weighted by Crippen LogP contribution is 2.29. The van der Waals surface area contributed by atoms with Gasteiger partial charge in [-0.2, -0.15) is 8.78 Å². The topological polar surface area (TPSA) is 46.1 Å². The molecule has 0 aliphatic carbocycles. The number of rotatable bonds is 5. The summed E-state index contributed by atoms with van der Waals surface area (Å²) in [6.45, 7) is 4.00. The molecule has 1 aliphatic heterocycles. The van der Waals surface area contributed by atoms with E-state index in [-0.39, 0.29) is 11.5 Å². The maximum absolute atomic E-state index is 12.5. The van der Waals surface area contributed by atoms with E-state index >= 15 is 0 Å². The summed E-state index contributed by atoms with van der Waals surface area (Å²) in [6.07, 6.45) is 1.22. The van der Waals surface area contributed by atoms with Crippen molar-refractivity contribution in [1.82, 2.24) is 10.2 Å². The molecule has 1 aromatic carbocycles. The van der Waals surface area contributed by atoms with Gasteiger partial charge in [0.25, 0.3) is 0 Å². The lowest BCUT2D eigenvalue weighted by Crippen LogP contribution is -2.48. The Morgan fingerprint density at radius 3 is 2.52 bits per heavy atom. The Morgan fingerprint density at radius 1 is 1.28 bits per heavy atom. The number of alkyl halides is 2. The fourth-order valence-electron chi connectivity index (χ4n) is 3.37. The van der Waals surface area contributed by atoms with Crippen LogP contribution in [0.1, 0.15) is 25.8 Å². The van der Waals surface area contributed by atoms with Crippen LogP contribution in [0, 0.1) is 11.8 Å². The molecule has 1 N–H and O–H groups in total. The SMILES string of the molecule is CN=C(NCc1ccc(OC)c(OC(F)F)c1)N1CC(C)CC(C)C1. The maximum atomic E-state index is 12.5. The largest absolute Gasteiger partial charge is 0.493 e. The van der Waals surface area contributed by atoms with E-state index in [1.807, 2.05) is 6.07 Å². The lowest BCUT2D eigenvalue weighted by Gasteiger charge is -2.37. The standard InChI is InChI=1S/C18H27F2N3O2/c1-12-7-13(2)11-23(10-12)18(21-3)22-9-14-5-6-15(24-4)16(8-14)25-17(19)20/h5-6,8,12-13,17H,7,9-11H2,1-4H3,(H,21,22). The van der Waals surface area contributed by atoms with Gasteiger partial charge < -0.3 is 19.7 Å². The molecule has 1 aliphatic rings. The zero-order valence-electron chi connectivity index (χ0n) is 15.3. The van der Waals surface area contributed by atoms with Crippen LogP contribution in [-0.4, -0.2) is 44.7 Å². The molecule has 2 rings (SSSR count). The Bertz CT molecular complexity index is 586. The number of benzene rings is 1. The first-order valence-corrected chi connectivity index (χ1v) is 8.50. The second kappa shape index (κ2) is 8.87. The molecule has 0 spiro atoms. The summed E-state index contributed by atoms with van der Waals surface area (Å²) in [4.78, 5) is 6.60. The Kier molecular flexibility index (Phi) is 6.84. The second-order valence-electron chi connectivity index (χ2n) is 6.62. The first-order valence-electron chi connectivity index (χ1n) is 8.50. The van der Waals surface area contributed by atoms with Gasteiger partial charge in [0, 0.05) is 26.7 Å². The van der Waals surface area contributed by atoms with Crippen LogP contribution in [0.4, 0.5) is 8.78 Å². The highest BCUT2D eigenvalue weighted by atomic mass is 19.3. The number of ether oxygens (including phenoxy) is 2. The minimum Gasteiger partial charge on any atom is -0.493 e. The minimum absolute atomic E-state index is 0.0343. The van der Waals surface area contributed by atoms with Crippen molar-refractivity contribution in [3.8, 4) is 11.5 Å². The molecule has 1 heterocycles. The van der Waals surface area contributed by atoms with Crippen molar-refractivity contribution in [2.75, 3.05) is 27.2 Å². The normalized spacial score (nSPS) is 21.4. The lowest BCUT2D eigenvalue weighted by molar-refractivity contribution is -0.0512. The van der Waals surface area contributed by atoms with Gasteiger partial charge in [-0.15, -0.1) is 0 Å². The molecule has 2 atom stereocenters. The van der Waals surface area contributed by atoms with E-state index < -0.39 is 6.61 Å². The van der Waals surface area contributed by atoms with Gasteiger partial charge in [-0.3, -0.25) is 4.99 Å². The number of hydrogen-bond acceptors (Lipinski definition) is 3. The van der Waals surface area contributed by atoms with Crippen LogP contribution < -0.4 is 14.8 Å². The predicted molar refractivity (Wildman–Crippen MR) is 94.3 cm³/mol. The Labute approximate surface area is 148 Å². The third-order valence-corrected chi connectivity index (χ3v) is 4.27. The fourth-order valence-corrected chi connectivity index (χ4v) is 3.37. The third kappa shape index (κ3) is 5.47. The molecule has 0 radical (unpaired) electrons. The number of nitrogens with zero attached hydrogens (tertiary/aromatic N) is 2. The van der Waals surface area contributed by atoms with Gasteiger partial charge in [-0.25, -0.2) is 0 Å². The average molecular weight is 355 g/mol. The third-order valence-electron chi connectivity index (χ3n) is 4.27. The molecule has 0 bridgehead atoms. The highest BCUT2D eigenvalue weighted by Gasteiger charge is 2.24. The van der Waals surface area contributed by atoms with E-state index in [1.54, 1.807) is 19.2 Å². The van der Waals surface area contributed by atoms with Crippen LogP contribution in [0.25, 0.3) is 0 Å². The monoisotopic (exact) mass is 355 g/mol. The number of methoxy groups -OCH3 is 1. The first-order chi connectivity index (χ1) is 11.9. The summed E-state index contributed by atoms with van der Waals surface area (Å²) >= 11 is 0. The fraction of sp³-hybridized carbons (Fsp3) is 0.611.